The van der Waals surface area contributed by atoms with Crippen LogP contribution in [-0.2, 0) is 13.5 Å². The molecule has 1 atom stereocenters. The van der Waals surface area contributed by atoms with Crippen molar-refractivity contribution in [1.29, 1.82) is 0 Å². The summed E-state index contributed by atoms with van der Waals surface area (Å²) in [6.45, 7) is 1.75. The molecule has 0 saturated carbocycles. The van der Waals surface area contributed by atoms with E-state index in [1.807, 2.05) is 0 Å². The van der Waals surface area contributed by atoms with Crippen LogP contribution in [0.3, 0.4) is 0 Å². The number of benzene rings is 1. The average Bonchev–Trinajstić information content (AvgIpc) is 2.58. The Labute approximate surface area is 120 Å². The third-order valence-electron chi connectivity index (χ3n) is 2.95. The van der Waals surface area contributed by atoms with Gasteiger partial charge in [-0.25, -0.2) is 4.39 Å². The molecule has 6 heteroatoms. The van der Waals surface area contributed by atoms with Crippen molar-refractivity contribution >= 4 is 23.2 Å². The van der Waals surface area contributed by atoms with Crippen LogP contribution < -0.4 is 0 Å². The highest BCUT2D eigenvalue weighted by Gasteiger charge is 2.21. The maximum Gasteiger partial charge on any atom is 0.132 e. The summed E-state index contributed by atoms with van der Waals surface area (Å²) in [4.78, 5) is 0. The van der Waals surface area contributed by atoms with Crippen molar-refractivity contribution in [3.63, 3.8) is 0 Å². The fraction of sp³-hybridized carbons (Fsp3) is 0.308. The molecular weight excluding hydrogens is 290 g/mol. The predicted octanol–water partition coefficient (Wildman–Crippen LogP) is 3.45. The van der Waals surface area contributed by atoms with Crippen LogP contribution in [0.1, 0.15) is 22.9 Å². The molecule has 1 N–H and O–H groups in total. The van der Waals surface area contributed by atoms with Crippen LogP contribution in [0.5, 0.6) is 0 Å². The number of aliphatic hydroxyl groups is 1. The highest BCUT2D eigenvalue weighted by molar-refractivity contribution is 6.30. The summed E-state index contributed by atoms with van der Waals surface area (Å²) in [6.07, 6.45) is -0.826. The molecule has 0 bridgehead atoms. The molecule has 102 valence electrons. The lowest BCUT2D eigenvalue weighted by atomic mass is 10.0. The largest absolute Gasteiger partial charge is 0.388 e. The second-order valence-electron chi connectivity index (χ2n) is 4.37. The summed E-state index contributed by atoms with van der Waals surface area (Å²) >= 11 is 11.9. The minimum atomic E-state index is -0.922. The van der Waals surface area contributed by atoms with Crippen LogP contribution >= 0.6 is 23.2 Å². The Balaban J connectivity index is 2.30. The van der Waals surface area contributed by atoms with E-state index < -0.39 is 11.9 Å². The van der Waals surface area contributed by atoms with Crippen molar-refractivity contribution in [2.75, 3.05) is 0 Å². The van der Waals surface area contributed by atoms with Crippen molar-refractivity contribution < 1.29 is 9.50 Å². The van der Waals surface area contributed by atoms with E-state index in [1.165, 1.54) is 22.9 Å². The molecule has 19 heavy (non-hydrogen) atoms. The van der Waals surface area contributed by atoms with Gasteiger partial charge in [-0.2, -0.15) is 5.10 Å². The summed E-state index contributed by atoms with van der Waals surface area (Å²) in [6, 6.07) is 4.25. The fourth-order valence-electron chi connectivity index (χ4n) is 2.04. The standard InChI is InChI=1S/C13H13Cl2FN2O/c1-7-12(13(15)18(2)17-7)11(19)6-8-5-9(14)3-4-10(8)16/h3-5,11,19H,6H2,1-2H3. The van der Waals surface area contributed by atoms with Gasteiger partial charge in [-0.15, -0.1) is 0 Å². The molecule has 0 fully saturated rings. The second-order valence-corrected chi connectivity index (χ2v) is 5.16. The van der Waals surface area contributed by atoms with Crippen molar-refractivity contribution in [3.05, 3.63) is 51.0 Å². The molecule has 1 aromatic carbocycles. The predicted molar refractivity (Wildman–Crippen MR) is 73.0 cm³/mol. The zero-order valence-corrected chi connectivity index (χ0v) is 12.0. The summed E-state index contributed by atoms with van der Waals surface area (Å²) in [7, 11) is 1.69. The number of hydrogen-bond acceptors (Lipinski definition) is 2. The lowest BCUT2D eigenvalue weighted by Crippen LogP contribution is -2.05. The van der Waals surface area contributed by atoms with E-state index in [1.54, 1.807) is 14.0 Å². The summed E-state index contributed by atoms with van der Waals surface area (Å²) in [5.41, 5.74) is 1.49. The van der Waals surface area contributed by atoms with Crippen molar-refractivity contribution in [2.24, 2.45) is 7.05 Å². The van der Waals surface area contributed by atoms with Gasteiger partial charge in [0, 0.05) is 24.1 Å². The first-order valence-corrected chi connectivity index (χ1v) is 6.46. The first-order valence-electron chi connectivity index (χ1n) is 5.71. The Kier molecular flexibility index (Phi) is 4.13. The van der Waals surface area contributed by atoms with E-state index in [-0.39, 0.29) is 6.42 Å². The maximum absolute atomic E-state index is 13.6. The molecule has 0 amide bonds. The van der Waals surface area contributed by atoms with Gasteiger partial charge in [0.05, 0.1) is 11.8 Å². The van der Waals surface area contributed by atoms with E-state index in [2.05, 4.69) is 5.10 Å². The first kappa shape index (κ1) is 14.3. The third kappa shape index (κ3) is 2.91. The van der Waals surface area contributed by atoms with E-state index >= 15 is 0 Å². The van der Waals surface area contributed by atoms with Gasteiger partial charge in [-0.1, -0.05) is 23.2 Å². The molecule has 0 saturated heterocycles. The first-order chi connectivity index (χ1) is 8.90. The van der Waals surface area contributed by atoms with E-state index in [0.717, 1.165) is 0 Å². The topological polar surface area (TPSA) is 38.0 Å². The van der Waals surface area contributed by atoms with Gasteiger partial charge in [-0.3, -0.25) is 4.68 Å². The Hall–Kier alpha value is -1.10. The Bertz CT molecular complexity index is 613. The normalized spacial score (nSPS) is 12.7. The Morgan fingerprint density at radius 2 is 2.11 bits per heavy atom. The van der Waals surface area contributed by atoms with E-state index in [4.69, 9.17) is 23.2 Å². The zero-order valence-electron chi connectivity index (χ0n) is 10.5. The van der Waals surface area contributed by atoms with Crippen LogP contribution in [0.25, 0.3) is 0 Å². The number of aryl methyl sites for hydroxylation is 2. The highest BCUT2D eigenvalue weighted by Crippen LogP contribution is 2.29. The molecule has 0 spiro atoms. The molecule has 1 heterocycles. The molecule has 0 aliphatic carbocycles. The van der Waals surface area contributed by atoms with Gasteiger partial charge in [-0.05, 0) is 30.7 Å². The highest BCUT2D eigenvalue weighted by atomic mass is 35.5. The lowest BCUT2D eigenvalue weighted by Gasteiger charge is -2.11. The van der Waals surface area contributed by atoms with Crippen molar-refractivity contribution in [2.45, 2.75) is 19.4 Å². The second kappa shape index (κ2) is 5.49. The SMILES string of the molecule is Cc1nn(C)c(Cl)c1C(O)Cc1cc(Cl)ccc1F. The number of aliphatic hydroxyl groups excluding tert-OH is 1. The van der Waals surface area contributed by atoms with E-state index in [9.17, 15) is 9.50 Å². The van der Waals surface area contributed by atoms with Crippen LogP contribution in [0.4, 0.5) is 4.39 Å². The Morgan fingerprint density at radius 1 is 1.42 bits per heavy atom. The van der Waals surface area contributed by atoms with Crippen LogP contribution in [-0.4, -0.2) is 14.9 Å². The molecule has 3 nitrogen and oxygen atoms in total. The quantitative estimate of drug-likeness (QED) is 0.943. The summed E-state index contributed by atoms with van der Waals surface area (Å²) in [5.74, 6) is -0.402. The molecule has 1 unspecified atom stereocenters. The van der Waals surface area contributed by atoms with Crippen LogP contribution in [0.2, 0.25) is 10.2 Å². The maximum atomic E-state index is 13.6. The zero-order chi connectivity index (χ0) is 14.2. The smallest absolute Gasteiger partial charge is 0.132 e. The minimum Gasteiger partial charge on any atom is -0.388 e. The molecule has 0 aliphatic rings. The summed E-state index contributed by atoms with van der Waals surface area (Å²) in [5, 5.41) is 15.1. The lowest BCUT2D eigenvalue weighted by molar-refractivity contribution is 0.176. The number of nitrogens with zero attached hydrogens (tertiary/aromatic N) is 2. The van der Waals surface area contributed by atoms with Gasteiger partial charge in [0.1, 0.15) is 11.0 Å². The van der Waals surface area contributed by atoms with Gasteiger partial charge in [0.15, 0.2) is 0 Å². The average molecular weight is 303 g/mol. The van der Waals surface area contributed by atoms with Gasteiger partial charge in [0.25, 0.3) is 0 Å². The number of hydrogen-bond donors (Lipinski definition) is 1. The Morgan fingerprint density at radius 3 is 2.68 bits per heavy atom. The third-order valence-corrected chi connectivity index (χ3v) is 3.63. The number of rotatable bonds is 3. The number of aromatic nitrogens is 2. The van der Waals surface area contributed by atoms with Gasteiger partial charge >= 0.3 is 0 Å². The molecule has 0 radical (unpaired) electrons. The molecule has 2 aromatic rings. The van der Waals surface area contributed by atoms with Crippen LogP contribution in [0, 0.1) is 12.7 Å². The summed E-state index contributed by atoms with van der Waals surface area (Å²) < 4.78 is 15.1. The van der Waals surface area contributed by atoms with Crippen molar-refractivity contribution in [1.82, 2.24) is 9.78 Å². The monoisotopic (exact) mass is 302 g/mol. The molecule has 1 aromatic heterocycles. The van der Waals surface area contributed by atoms with Gasteiger partial charge < -0.3 is 5.11 Å². The minimum absolute atomic E-state index is 0.0959. The van der Waals surface area contributed by atoms with Crippen LogP contribution in [0.15, 0.2) is 18.2 Å². The molecule has 0 aliphatic heterocycles. The number of halogens is 3. The fourth-order valence-corrected chi connectivity index (χ4v) is 2.53. The molecule has 2 rings (SSSR count). The van der Waals surface area contributed by atoms with Crippen molar-refractivity contribution in [3.8, 4) is 0 Å². The molecular formula is C13H13Cl2FN2O. The van der Waals surface area contributed by atoms with E-state index in [0.29, 0.717) is 27.0 Å². The van der Waals surface area contributed by atoms with Gasteiger partial charge in [0.2, 0.25) is 0 Å².